The van der Waals surface area contributed by atoms with Crippen LogP contribution in [0.15, 0.2) is 71.2 Å². The second-order valence-electron chi connectivity index (χ2n) is 6.89. The van der Waals surface area contributed by atoms with Crippen LogP contribution in [0.4, 0.5) is 4.79 Å². The number of benzene rings is 3. The first kappa shape index (κ1) is 19.3. The van der Waals surface area contributed by atoms with E-state index in [0.29, 0.717) is 6.61 Å². The van der Waals surface area contributed by atoms with Crippen LogP contribution >= 0.6 is 15.9 Å². The quantitative estimate of drug-likeness (QED) is 0.529. The highest BCUT2D eigenvalue weighted by Gasteiger charge is 2.28. The number of amides is 1. The van der Waals surface area contributed by atoms with Crippen molar-refractivity contribution < 1.29 is 9.53 Å². The van der Waals surface area contributed by atoms with Crippen LogP contribution in [0.2, 0.25) is 0 Å². The molecule has 4 heteroatoms. The Morgan fingerprint density at radius 2 is 1.66 bits per heavy atom. The Morgan fingerprint density at radius 1 is 1.00 bits per heavy atom. The van der Waals surface area contributed by atoms with Crippen LogP contribution in [-0.2, 0) is 4.74 Å². The zero-order valence-corrected chi connectivity index (χ0v) is 17.6. The summed E-state index contributed by atoms with van der Waals surface area (Å²) in [6, 6.07) is 22.5. The van der Waals surface area contributed by atoms with Crippen molar-refractivity contribution in [1.82, 2.24) is 5.32 Å². The van der Waals surface area contributed by atoms with Crippen molar-refractivity contribution in [1.29, 1.82) is 0 Å². The molecular weight excluding hydrogens is 426 g/mol. The summed E-state index contributed by atoms with van der Waals surface area (Å²) in [5.74, 6) is 6.12. The van der Waals surface area contributed by atoms with Gasteiger partial charge in [-0.25, -0.2) is 4.79 Å². The maximum Gasteiger partial charge on any atom is 0.407 e. The number of carbonyl (C=O) groups excluding carboxylic acids is 1. The first-order valence-electron chi connectivity index (χ1n) is 9.48. The van der Waals surface area contributed by atoms with Gasteiger partial charge in [0, 0.05) is 16.0 Å². The molecule has 0 spiro atoms. The molecule has 0 heterocycles. The summed E-state index contributed by atoms with van der Waals surface area (Å²) in [7, 11) is 0. The van der Waals surface area contributed by atoms with Crippen LogP contribution < -0.4 is 5.32 Å². The molecule has 4 rings (SSSR count). The zero-order valence-electron chi connectivity index (χ0n) is 16.0. The molecule has 0 radical (unpaired) electrons. The minimum atomic E-state index is -0.452. The number of nitrogens with one attached hydrogen (secondary N) is 1. The molecular formula is C25H20BrNO2. The fourth-order valence-corrected chi connectivity index (χ4v) is 4.01. The van der Waals surface area contributed by atoms with Gasteiger partial charge in [-0.15, -0.1) is 0 Å². The first-order chi connectivity index (χ1) is 14.1. The highest BCUT2D eigenvalue weighted by molar-refractivity contribution is 9.10. The Bertz CT molecular complexity index is 1080. The molecule has 0 atom stereocenters. The number of halogens is 1. The first-order valence-corrected chi connectivity index (χ1v) is 10.3. The van der Waals surface area contributed by atoms with Crippen LogP contribution in [0, 0.1) is 18.8 Å². The fraction of sp³-hybridized carbons (Fsp3) is 0.160. The number of fused-ring (bicyclic) bond motifs is 3. The van der Waals surface area contributed by atoms with Crippen LogP contribution in [0.5, 0.6) is 0 Å². The predicted molar refractivity (Wildman–Crippen MR) is 119 cm³/mol. The van der Waals surface area contributed by atoms with E-state index in [0.717, 1.165) is 15.6 Å². The third-order valence-electron chi connectivity index (χ3n) is 5.16. The largest absolute Gasteiger partial charge is 0.449 e. The van der Waals surface area contributed by atoms with Gasteiger partial charge in [-0.3, -0.25) is 0 Å². The van der Waals surface area contributed by atoms with E-state index in [9.17, 15) is 4.79 Å². The number of rotatable bonds is 3. The van der Waals surface area contributed by atoms with Gasteiger partial charge in [-0.2, -0.15) is 0 Å². The van der Waals surface area contributed by atoms with Crippen molar-refractivity contribution in [2.75, 3.05) is 13.2 Å². The van der Waals surface area contributed by atoms with E-state index >= 15 is 0 Å². The Labute approximate surface area is 179 Å². The standard InChI is InChI=1S/C25H20BrNO2/c1-17-18(8-6-14-24(17)26)9-7-15-27-25(28)29-16-23-21-12-4-2-10-19(21)20-11-3-5-13-22(20)23/h2-6,8,10-14,23H,15-16H2,1H3,(H,27,28). The van der Waals surface area contributed by atoms with Gasteiger partial charge in [0.15, 0.2) is 0 Å². The molecule has 0 bridgehead atoms. The number of alkyl carbamates (subject to hydrolysis) is 1. The molecule has 1 N–H and O–H groups in total. The smallest absolute Gasteiger partial charge is 0.407 e. The minimum absolute atomic E-state index is 0.0588. The van der Waals surface area contributed by atoms with Crippen LogP contribution in [0.3, 0.4) is 0 Å². The summed E-state index contributed by atoms with van der Waals surface area (Å²) < 4.78 is 6.53. The van der Waals surface area contributed by atoms with E-state index in [1.807, 2.05) is 49.4 Å². The highest BCUT2D eigenvalue weighted by atomic mass is 79.9. The summed E-state index contributed by atoms with van der Waals surface area (Å²) in [6.07, 6.45) is -0.452. The molecule has 0 fully saturated rings. The van der Waals surface area contributed by atoms with Gasteiger partial charge in [0.2, 0.25) is 0 Å². The van der Waals surface area contributed by atoms with Gasteiger partial charge >= 0.3 is 6.09 Å². The molecule has 144 valence electrons. The summed E-state index contributed by atoms with van der Waals surface area (Å²) in [5, 5.41) is 2.71. The van der Waals surface area contributed by atoms with E-state index in [1.54, 1.807) is 0 Å². The molecule has 3 aromatic rings. The number of hydrogen-bond donors (Lipinski definition) is 1. The lowest BCUT2D eigenvalue weighted by Gasteiger charge is -2.14. The van der Waals surface area contributed by atoms with Crippen molar-refractivity contribution in [2.45, 2.75) is 12.8 Å². The Morgan fingerprint density at radius 3 is 2.34 bits per heavy atom. The van der Waals surface area contributed by atoms with Crippen LogP contribution in [0.25, 0.3) is 11.1 Å². The third kappa shape index (κ3) is 4.06. The molecule has 0 saturated carbocycles. The summed E-state index contributed by atoms with van der Waals surface area (Å²) in [5.41, 5.74) is 6.85. The lowest BCUT2D eigenvalue weighted by atomic mass is 9.98. The Balaban J connectivity index is 1.36. The minimum Gasteiger partial charge on any atom is -0.449 e. The lowest BCUT2D eigenvalue weighted by molar-refractivity contribution is 0.144. The second-order valence-corrected chi connectivity index (χ2v) is 7.75. The van der Waals surface area contributed by atoms with Gasteiger partial charge in [0.1, 0.15) is 6.61 Å². The molecule has 29 heavy (non-hydrogen) atoms. The van der Waals surface area contributed by atoms with E-state index in [4.69, 9.17) is 4.74 Å². The summed E-state index contributed by atoms with van der Waals surface area (Å²) in [4.78, 5) is 12.1. The second kappa shape index (κ2) is 8.55. The Kier molecular flexibility index (Phi) is 5.69. The van der Waals surface area contributed by atoms with Crippen molar-refractivity contribution in [3.63, 3.8) is 0 Å². The molecule has 0 aromatic heterocycles. The summed E-state index contributed by atoms with van der Waals surface area (Å²) in [6.45, 7) is 2.55. The van der Waals surface area contributed by atoms with Crippen molar-refractivity contribution >= 4 is 22.0 Å². The van der Waals surface area contributed by atoms with Crippen molar-refractivity contribution in [2.24, 2.45) is 0 Å². The van der Waals surface area contributed by atoms with Gasteiger partial charge in [0.25, 0.3) is 0 Å². The molecule has 3 nitrogen and oxygen atoms in total. The van der Waals surface area contributed by atoms with Gasteiger partial charge in [-0.05, 0) is 46.9 Å². The Hall–Kier alpha value is -3.03. The van der Waals surface area contributed by atoms with Crippen molar-refractivity contribution in [3.8, 4) is 23.0 Å². The average Bonchev–Trinajstić information content (AvgIpc) is 3.06. The third-order valence-corrected chi connectivity index (χ3v) is 6.01. The van der Waals surface area contributed by atoms with E-state index in [2.05, 4.69) is 57.4 Å². The predicted octanol–water partition coefficient (Wildman–Crippen LogP) is 5.65. The van der Waals surface area contributed by atoms with E-state index < -0.39 is 6.09 Å². The molecule has 0 saturated heterocycles. The van der Waals surface area contributed by atoms with Crippen LogP contribution in [-0.4, -0.2) is 19.2 Å². The maximum absolute atomic E-state index is 12.1. The monoisotopic (exact) mass is 445 g/mol. The number of hydrogen-bond acceptors (Lipinski definition) is 2. The SMILES string of the molecule is Cc1c(Br)cccc1C#CCNC(=O)OCC1c2ccccc2-c2ccccc21. The maximum atomic E-state index is 12.1. The number of ether oxygens (including phenoxy) is 1. The molecule has 3 aromatic carbocycles. The summed E-state index contributed by atoms with van der Waals surface area (Å²) >= 11 is 3.50. The van der Waals surface area contributed by atoms with E-state index in [1.165, 1.54) is 22.3 Å². The van der Waals surface area contributed by atoms with Gasteiger partial charge in [-0.1, -0.05) is 82.4 Å². The molecule has 1 aliphatic rings. The molecule has 1 aliphatic carbocycles. The topological polar surface area (TPSA) is 38.3 Å². The van der Waals surface area contributed by atoms with Crippen molar-refractivity contribution in [3.05, 3.63) is 93.5 Å². The highest BCUT2D eigenvalue weighted by Crippen LogP contribution is 2.44. The number of carbonyl (C=O) groups is 1. The lowest BCUT2D eigenvalue weighted by Crippen LogP contribution is -2.26. The molecule has 1 amide bonds. The average molecular weight is 446 g/mol. The normalized spacial score (nSPS) is 11.8. The van der Waals surface area contributed by atoms with E-state index in [-0.39, 0.29) is 12.5 Å². The molecule has 0 aliphatic heterocycles. The van der Waals surface area contributed by atoms with Crippen LogP contribution in [0.1, 0.15) is 28.2 Å². The fourth-order valence-electron chi connectivity index (χ4n) is 3.65. The van der Waals surface area contributed by atoms with Gasteiger partial charge in [0.05, 0.1) is 6.54 Å². The van der Waals surface area contributed by atoms with Gasteiger partial charge < -0.3 is 10.1 Å². The zero-order chi connectivity index (χ0) is 20.2. The molecule has 0 unspecified atom stereocenters.